The first-order valence-electron chi connectivity index (χ1n) is 14.3. The van der Waals surface area contributed by atoms with E-state index in [4.69, 9.17) is 4.74 Å². The van der Waals surface area contributed by atoms with Crippen LogP contribution in [0, 0.1) is 23.2 Å². The molecule has 1 atom stereocenters. The van der Waals surface area contributed by atoms with Gasteiger partial charge >= 0.3 is 5.97 Å². The first-order chi connectivity index (χ1) is 19.1. The first-order valence-corrected chi connectivity index (χ1v) is 15.7. The number of hydrogen-bond acceptors (Lipinski definition) is 6. The Kier molecular flexibility index (Phi) is 7.07. The van der Waals surface area contributed by atoms with Crippen molar-refractivity contribution in [1.82, 2.24) is 4.31 Å². The molecular weight excluding hydrogens is 528 g/mol. The predicted octanol–water partition coefficient (Wildman–Crippen LogP) is 4.65. The fourth-order valence-electron chi connectivity index (χ4n) is 8.14. The number of nitrogens with one attached hydrogen (secondary N) is 1. The number of nitrogens with zero attached hydrogens (tertiary/aromatic N) is 1. The Morgan fingerprint density at radius 1 is 0.950 bits per heavy atom. The van der Waals surface area contributed by atoms with Crippen molar-refractivity contribution in [1.29, 1.82) is 0 Å². The van der Waals surface area contributed by atoms with Crippen LogP contribution in [0.5, 0.6) is 0 Å². The maximum absolute atomic E-state index is 13.8. The second-order valence-electron chi connectivity index (χ2n) is 12.3. The lowest BCUT2D eigenvalue weighted by atomic mass is 9.48. The molecule has 8 nitrogen and oxygen atoms in total. The van der Waals surface area contributed by atoms with Gasteiger partial charge in [-0.1, -0.05) is 24.3 Å². The second kappa shape index (κ2) is 10.4. The third-order valence-electron chi connectivity index (χ3n) is 9.50. The molecule has 4 saturated carbocycles. The van der Waals surface area contributed by atoms with Crippen molar-refractivity contribution < 1.29 is 27.5 Å². The van der Waals surface area contributed by atoms with Crippen LogP contribution in [-0.2, 0) is 35.6 Å². The SMILES string of the molecule is CC(=O)Nc1ccc(S(=O)(=O)N2CCc3ccccc3C2CC(=O)OCC(=O)C23CC4CC(CC(C4)C2)C3)cc1. The van der Waals surface area contributed by atoms with Crippen LogP contribution in [0.15, 0.2) is 53.4 Å². The molecule has 5 aliphatic rings. The van der Waals surface area contributed by atoms with Crippen LogP contribution in [-0.4, -0.2) is 43.5 Å². The Morgan fingerprint density at radius 2 is 1.57 bits per heavy atom. The van der Waals surface area contributed by atoms with Gasteiger partial charge in [-0.25, -0.2) is 8.42 Å². The summed E-state index contributed by atoms with van der Waals surface area (Å²) in [6.07, 6.45) is 6.78. The lowest BCUT2D eigenvalue weighted by molar-refractivity contribution is -0.158. The van der Waals surface area contributed by atoms with Crippen LogP contribution in [0.3, 0.4) is 0 Å². The number of rotatable bonds is 8. The average Bonchev–Trinajstić information content (AvgIpc) is 2.91. The number of benzene rings is 2. The minimum Gasteiger partial charge on any atom is -0.458 e. The Morgan fingerprint density at radius 3 is 2.20 bits per heavy atom. The number of fused-ring (bicyclic) bond motifs is 1. The van der Waals surface area contributed by atoms with Gasteiger partial charge in [-0.15, -0.1) is 0 Å². The molecule has 1 N–H and O–H groups in total. The molecule has 1 aliphatic heterocycles. The highest BCUT2D eigenvalue weighted by atomic mass is 32.2. The number of carbonyl (C=O) groups is 3. The van der Waals surface area contributed by atoms with Crippen LogP contribution >= 0.6 is 0 Å². The summed E-state index contributed by atoms with van der Waals surface area (Å²) in [5.74, 6) is 1.08. The standard InChI is InChI=1S/C31H36N2O6S/c1-20(34)32-25-6-8-26(9-7-25)40(37,38)33-11-10-24-4-2-3-5-27(24)28(33)15-30(36)39-19-29(35)31-16-21-12-22(17-31)14-23(13-21)18-31/h2-9,21-23,28H,10-19H2,1H3,(H,32,34). The van der Waals surface area contributed by atoms with Crippen molar-refractivity contribution in [2.45, 2.75) is 69.2 Å². The third kappa shape index (κ3) is 5.09. The molecule has 40 heavy (non-hydrogen) atoms. The Bertz CT molecular complexity index is 1400. The topological polar surface area (TPSA) is 110 Å². The Labute approximate surface area is 235 Å². The van der Waals surface area contributed by atoms with Gasteiger partial charge in [0, 0.05) is 24.6 Å². The number of hydrogen-bond donors (Lipinski definition) is 1. The number of carbonyl (C=O) groups excluding carboxylic acids is 3. The molecule has 0 radical (unpaired) electrons. The van der Waals surface area contributed by atoms with Crippen LogP contribution < -0.4 is 5.32 Å². The largest absolute Gasteiger partial charge is 0.458 e. The van der Waals surface area contributed by atoms with Crippen LogP contribution in [0.4, 0.5) is 5.69 Å². The number of ether oxygens (including phenoxy) is 1. The predicted molar refractivity (Wildman–Crippen MR) is 149 cm³/mol. The van der Waals surface area contributed by atoms with Crippen molar-refractivity contribution >= 4 is 33.4 Å². The maximum atomic E-state index is 13.8. The lowest BCUT2D eigenvalue weighted by Crippen LogP contribution is -2.51. The van der Waals surface area contributed by atoms with E-state index in [9.17, 15) is 22.8 Å². The first kappa shape index (κ1) is 27.1. The zero-order valence-electron chi connectivity index (χ0n) is 22.8. The molecule has 0 spiro atoms. The van der Waals surface area contributed by atoms with Crippen molar-refractivity contribution in [3.63, 3.8) is 0 Å². The van der Waals surface area contributed by atoms with E-state index in [0.717, 1.165) is 30.4 Å². The number of ketones is 1. The number of sulfonamides is 1. The highest BCUT2D eigenvalue weighted by molar-refractivity contribution is 7.89. The number of anilines is 1. The number of esters is 1. The quantitative estimate of drug-likeness (QED) is 0.468. The van der Waals surface area contributed by atoms with Gasteiger partial charge in [0.1, 0.15) is 0 Å². The van der Waals surface area contributed by atoms with E-state index in [1.54, 1.807) is 12.1 Å². The fourth-order valence-corrected chi connectivity index (χ4v) is 9.75. The Hall–Kier alpha value is -3.04. The van der Waals surface area contributed by atoms with Gasteiger partial charge in [-0.3, -0.25) is 14.4 Å². The van der Waals surface area contributed by atoms with Crippen LogP contribution in [0.25, 0.3) is 0 Å². The van der Waals surface area contributed by atoms with E-state index in [2.05, 4.69) is 5.32 Å². The van der Waals surface area contributed by atoms with Crippen molar-refractivity contribution in [3.8, 4) is 0 Å². The molecule has 1 heterocycles. The van der Waals surface area contributed by atoms with Gasteiger partial charge in [-0.2, -0.15) is 4.31 Å². The molecular formula is C31H36N2O6S. The summed E-state index contributed by atoms with van der Waals surface area (Å²) in [6, 6.07) is 12.8. The average molecular weight is 565 g/mol. The monoisotopic (exact) mass is 564 g/mol. The highest BCUT2D eigenvalue weighted by Gasteiger charge is 2.54. The van der Waals surface area contributed by atoms with Gasteiger partial charge in [-0.05, 0) is 98.1 Å². The van der Waals surface area contributed by atoms with Gasteiger partial charge in [0.25, 0.3) is 0 Å². The molecule has 212 valence electrons. The zero-order valence-corrected chi connectivity index (χ0v) is 23.6. The number of Topliss-reactive ketones (excluding diaryl/α,β-unsaturated/α-hetero) is 1. The minimum absolute atomic E-state index is 0.0349. The van der Waals surface area contributed by atoms with Gasteiger partial charge in [0.15, 0.2) is 12.4 Å². The Balaban J connectivity index is 1.18. The van der Waals surface area contributed by atoms with Crippen molar-refractivity contribution in [2.75, 3.05) is 18.5 Å². The molecule has 1 unspecified atom stereocenters. The molecule has 2 aromatic rings. The molecule has 4 fully saturated rings. The third-order valence-corrected chi connectivity index (χ3v) is 11.4. The molecule has 0 saturated heterocycles. The van der Waals surface area contributed by atoms with Crippen LogP contribution in [0.1, 0.15) is 69.0 Å². The van der Waals surface area contributed by atoms with E-state index in [-0.39, 0.29) is 41.6 Å². The summed E-state index contributed by atoms with van der Waals surface area (Å²) >= 11 is 0. The van der Waals surface area contributed by atoms with E-state index in [1.165, 1.54) is 42.6 Å². The zero-order chi connectivity index (χ0) is 28.1. The lowest BCUT2D eigenvalue weighted by Gasteiger charge is -2.55. The normalized spacial score (nSPS) is 29.0. The fraction of sp³-hybridized carbons (Fsp3) is 0.516. The van der Waals surface area contributed by atoms with Gasteiger partial charge in [0.05, 0.1) is 17.4 Å². The van der Waals surface area contributed by atoms with E-state index in [1.807, 2.05) is 24.3 Å². The summed E-state index contributed by atoms with van der Waals surface area (Å²) in [4.78, 5) is 38.0. The second-order valence-corrected chi connectivity index (χ2v) is 14.2. The molecule has 9 heteroatoms. The maximum Gasteiger partial charge on any atom is 0.308 e. The summed E-state index contributed by atoms with van der Waals surface area (Å²) < 4.78 is 34.5. The summed E-state index contributed by atoms with van der Waals surface area (Å²) in [5, 5.41) is 2.64. The smallest absolute Gasteiger partial charge is 0.308 e. The van der Waals surface area contributed by atoms with E-state index in [0.29, 0.717) is 29.9 Å². The molecule has 4 bridgehead atoms. The molecule has 4 aliphatic carbocycles. The summed E-state index contributed by atoms with van der Waals surface area (Å²) in [6.45, 7) is 1.36. The highest BCUT2D eigenvalue weighted by Crippen LogP contribution is 2.60. The van der Waals surface area contributed by atoms with Gasteiger partial charge < -0.3 is 10.1 Å². The van der Waals surface area contributed by atoms with E-state index >= 15 is 0 Å². The molecule has 2 aromatic carbocycles. The minimum atomic E-state index is -3.96. The molecule has 1 amide bonds. The van der Waals surface area contributed by atoms with E-state index < -0.39 is 22.0 Å². The summed E-state index contributed by atoms with van der Waals surface area (Å²) in [7, 11) is -3.96. The molecule has 0 aromatic heterocycles. The number of amides is 1. The molecule has 7 rings (SSSR count). The van der Waals surface area contributed by atoms with Crippen LogP contribution in [0.2, 0.25) is 0 Å². The van der Waals surface area contributed by atoms with Crippen molar-refractivity contribution in [2.24, 2.45) is 23.2 Å². The van der Waals surface area contributed by atoms with Crippen molar-refractivity contribution in [3.05, 3.63) is 59.7 Å². The summed E-state index contributed by atoms with van der Waals surface area (Å²) in [5.41, 5.74) is 1.93. The van der Waals surface area contributed by atoms with Gasteiger partial charge in [0.2, 0.25) is 15.9 Å².